The summed E-state index contributed by atoms with van der Waals surface area (Å²) in [4.78, 5) is 3.07. The molecule has 0 amide bonds. The van der Waals surface area contributed by atoms with Gasteiger partial charge in [-0.1, -0.05) is 0 Å². The summed E-state index contributed by atoms with van der Waals surface area (Å²) in [6.45, 7) is 0. The minimum Gasteiger partial charge on any atom is -0.323 e. The molecule has 1 nitrogen and oxygen atoms in total. The minimum absolute atomic E-state index is 0.357. The number of rotatable bonds is 2. The molecule has 0 spiro atoms. The summed E-state index contributed by atoms with van der Waals surface area (Å²) in [6, 6.07) is 2.73. The van der Waals surface area contributed by atoms with Gasteiger partial charge in [-0.05, 0) is 49.7 Å². The van der Waals surface area contributed by atoms with Crippen molar-refractivity contribution in [3.05, 3.63) is 21.4 Å². The fourth-order valence-corrected chi connectivity index (χ4v) is 3.56. The standard InChI is InChI=1S/C11H15NS/c12-11(7-4-5-7)10-6-8-2-1-3-9(8)13-10/h6-7,11H,1-5,12H2. The lowest BCUT2D eigenvalue weighted by Crippen LogP contribution is -2.10. The predicted octanol–water partition coefficient (Wildman–Crippen LogP) is 2.65. The van der Waals surface area contributed by atoms with Gasteiger partial charge in [0.15, 0.2) is 0 Å². The van der Waals surface area contributed by atoms with E-state index in [1.807, 2.05) is 11.3 Å². The Bertz CT molecular complexity index is 303. The van der Waals surface area contributed by atoms with Crippen LogP contribution in [-0.4, -0.2) is 0 Å². The van der Waals surface area contributed by atoms with Gasteiger partial charge in [0.05, 0.1) is 0 Å². The van der Waals surface area contributed by atoms with Crippen molar-refractivity contribution in [3.8, 4) is 0 Å². The average Bonchev–Trinajstić information content (AvgIpc) is 2.73. The van der Waals surface area contributed by atoms with Crippen LogP contribution >= 0.6 is 11.3 Å². The Morgan fingerprint density at radius 1 is 1.38 bits per heavy atom. The average molecular weight is 193 g/mol. The van der Waals surface area contributed by atoms with Crippen molar-refractivity contribution in [2.24, 2.45) is 11.7 Å². The van der Waals surface area contributed by atoms with E-state index in [1.165, 1.54) is 37.0 Å². The molecule has 1 aromatic rings. The SMILES string of the molecule is NC(c1cc2c(s1)CCC2)C1CC1. The molecule has 1 fully saturated rings. The van der Waals surface area contributed by atoms with Crippen LogP contribution in [0.5, 0.6) is 0 Å². The van der Waals surface area contributed by atoms with Gasteiger partial charge in [-0.2, -0.15) is 0 Å². The number of hydrogen-bond acceptors (Lipinski definition) is 2. The number of aryl methyl sites for hydroxylation is 2. The zero-order chi connectivity index (χ0) is 8.84. The van der Waals surface area contributed by atoms with Gasteiger partial charge in [-0.15, -0.1) is 11.3 Å². The lowest BCUT2D eigenvalue weighted by atomic mass is 10.1. The second-order valence-corrected chi connectivity index (χ2v) is 5.48. The summed E-state index contributed by atoms with van der Waals surface area (Å²) in [7, 11) is 0. The quantitative estimate of drug-likeness (QED) is 0.767. The fourth-order valence-electron chi connectivity index (χ4n) is 2.20. The van der Waals surface area contributed by atoms with Gasteiger partial charge in [-0.3, -0.25) is 0 Å². The molecule has 0 radical (unpaired) electrons. The number of thiophene rings is 1. The Morgan fingerprint density at radius 2 is 2.23 bits per heavy atom. The van der Waals surface area contributed by atoms with Crippen LogP contribution in [0.2, 0.25) is 0 Å². The lowest BCUT2D eigenvalue weighted by molar-refractivity contribution is 0.644. The first-order valence-electron chi connectivity index (χ1n) is 5.21. The fraction of sp³-hybridized carbons (Fsp3) is 0.636. The molecule has 2 aliphatic carbocycles. The van der Waals surface area contributed by atoms with E-state index in [9.17, 15) is 0 Å². The van der Waals surface area contributed by atoms with E-state index in [0.29, 0.717) is 6.04 Å². The molecule has 1 heterocycles. The molecule has 0 aromatic carbocycles. The van der Waals surface area contributed by atoms with Crippen molar-refractivity contribution in [2.75, 3.05) is 0 Å². The second kappa shape index (κ2) is 2.82. The highest BCUT2D eigenvalue weighted by Crippen LogP contribution is 2.43. The van der Waals surface area contributed by atoms with Gasteiger partial charge in [0.25, 0.3) is 0 Å². The Balaban J connectivity index is 1.88. The normalized spacial score (nSPS) is 23.2. The second-order valence-electron chi connectivity index (χ2n) is 4.31. The van der Waals surface area contributed by atoms with Crippen molar-refractivity contribution in [3.63, 3.8) is 0 Å². The molecular formula is C11H15NS. The summed E-state index contributed by atoms with van der Waals surface area (Å²) in [5.41, 5.74) is 7.77. The molecule has 70 valence electrons. The number of fused-ring (bicyclic) bond motifs is 1. The third-order valence-corrected chi connectivity index (χ3v) is 4.56. The van der Waals surface area contributed by atoms with E-state index < -0.39 is 0 Å². The van der Waals surface area contributed by atoms with E-state index >= 15 is 0 Å². The maximum atomic E-state index is 6.17. The molecular weight excluding hydrogens is 178 g/mol. The van der Waals surface area contributed by atoms with E-state index in [0.717, 1.165) is 5.92 Å². The third kappa shape index (κ3) is 1.32. The summed E-state index contributed by atoms with van der Waals surface area (Å²) in [5.74, 6) is 0.804. The summed E-state index contributed by atoms with van der Waals surface area (Å²) in [5, 5.41) is 0. The molecule has 0 aliphatic heterocycles. The first-order valence-corrected chi connectivity index (χ1v) is 6.03. The van der Waals surface area contributed by atoms with E-state index in [-0.39, 0.29) is 0 Å². The van der Waals surface area contributed by atoms with Crippen molar-refractivity contribution in [1.29, 1.82) is 0 Å². The predicted molar refractivity (Wildman–Crippen MR) is 56.0 cm³/mol. The van der Waals surface area contributed by atoms with Crippen LogP contribution in [0.25, 0.3) is 0 Å². The van der Waals surface area contributed by atoms with Gasteiger partial charge < -0.3 is 5.73 Å². The van der Waals surface area contributed by atoms with Crippen molar-refractivity contribution >= 4 is 11.3 Å². The van der Waals surface area contributed by atoms with Gasteiger partial charge in [0.1, 0.15) is 0 Å². The Labute approximate surface area is 83.0 Å². The Hall–Kier alpha value is -0.340. The zero-order valence-electron chi connectivity index (χ0n) is 7.75. The molecule has 1 aromatic heterocycles. The first-order chi connectivity index (χ1) is 6.34. The van der Waals surface area contributed by atoms with Crippen LogP contribution in [0, 0.1) is 5.92 Å². The van der Waals surface area contributed by atoms with Crippen LogP contribution in [-0.2, 0) is 12.8 Å². The van der Waals surface area contributed by atoms with E-state index in [4.69, 9.17) is 5.73 Å². The van der Waals surface area contributed by atoms with Gasteiger partial charge in [-0.25, -0.2) is 0 Å². The molecule has 3 rings (SSSR count). The molecule has 2 heteroatoms. The van der Waals surface area contributed by atoms with Crippen LogP contribution in [0.4, 0.5) is 0 Å². The van der Waals surface area contributed by atoms with Crippen LogP contribution < -0.4 is 5.73 Å². The maximum Gasteiger partial charge on any atom is 0.0418 e. The first kappa shape index (κ1) is 8.01. The highest BCUT2D eigenvalue weighted by atomic mass is 32.1. The number of hydrogen-bond donors (Lipinski definition) is 1. The van der Waals surface area contributed by atoms with E-state index in [1.54, 1.807) is 10.4 Å². The van der Waals surface area contributed by atoms with E-state index in [2.05, 4.69) is 6.07 Å². The minimum atomic E-state index is 0.357. The maximum absolute atomic E-state index is 6.17. The van der Waals surface area contributed by atoms with Gasteiger partial charge in [0, 0.05) is 15.8 Å². The summed E-state index contributed by atoms with van der Waals surface area (Å²) < 4.78 is 0. The number of nitrogens with two attached hydrogens (primary N) is 1. The summed E-state index contributed by atoms with van der Waals surface area (Å²) in [6.07, 6.45) is 6.66. The molecule has 1 atom stereocenters. The van der Waals surface area contributed by atoms with Crippen molar-refractivity contribution in [1.82, 2.24) is 0 Å². The highest BCUT2D eigenvalue weighted by Gasteiger charge is 2.31. The molecule has 2 aliphatic rings. The molecule has 1 unspecified atom stereocenters. The van der Waals surface area contributed by atoms with Crippen LogP contribution in [0.1, 0.15) is 40.6 Å². The van der Waals surface area contributed by atoms with Gasteiger partial charge in [0.2, 0.25) is 0 Å². The van der Waals surface area contributed by atoms with Crippen LogP contribution in [0.15, 0.2) is 6.07 Å². The zero-order valence-corrected chi connectivity index (χ0v) is 8.57. The molecule has 0 saturated heterocycles. The monoisotopic (exact) mass is 193 g/mol. The van der Waals surface area contributed by atoms with Crippen LogP contribution in [0.3, 0.4) is 0 Å². The summed E-state index contributed by atoms with van der Waals surface area (Å²) >= 11 is 1.97. The highest BCUT2D eigenvalue weighted by molar-refractivity contribution is 7.12. The molecule has 0 bridgehead atoms. The lowest BCUT2D eigenvalue weighted by Gasteiger charge is -2.06. The smallest absolute Gasteiger partial charge is 0.0418 e. The third-order valence-electron chi connectivity index (χ3n) is 3.22. The molecule has 1 saturated carbocycles. The van der Waals surface area contributed by atoms with Crippen molar-refractivity contribution in [2.45, 2.75) is 38.1 Å². The van der Waals surface area contributed by atoms with Gasteiger partial charge >= 0.3 is 0 Å². The Morgan fingerprint density at radius 3 is 2.92 bits per heavy atom. The topological polar surface area (TPSA) is 26.0 Å². The van der Waals surface area contributed by atoms with Crippen molar-refractivity contribution < 1.29 is 0 Å². The molecule has 2 N–H and O–H groups in total. The Kier molecular flexibility index (Phi) is 1.74. The largest absolute Gasteiger partial charge is 0.323 e. The molecule has 13 heavy (non-hydrogen) atoms.